The molecule has 138 valence electrons. The van der Waals surface area contributed by atoms with Gasteiger partial charge >= 0.3 is 8.80 Å². The van der Waals surface area contributed by atoms with Gasteiger partial charge in [0.25, 0.3) is 7.82 Å². The van der Waals surface area contributed by atoms with Crippen molar-refractivity contribution >= 4 is 22.5 Å². The molecule has 0 aliphatic heterocycles. The van der Waals surface area contributed by atoms with E-state index in [1.165, 1.54) is 21.3 Å². The van der Waals surface area contributed by atoms with Gasteiger partial charge in [-0.05, 0) is 0 Å². The number of rotatable bonds is 12. The predicted octanol–water partition coefficient (Wildman–Crippen LogP) is -1.27. The van der Waals surface area contributed by atoms with Crippen molar-refractivity contribution in [1.29, 1.82) is 0 Å². The van der Waals surface area contributed by atoms with Crippen molar-refractivity contribution in [2.75, 3.05) is 68.4 Å². The Morgan fingerprint density at radius 3 is 2.09 bits per heavy atom. The second-order valence-electron chi connectivity index (χ2n) is 5.64. The number of phosphoric ester groups is 1. The fourth-order valence-corrected chi connectivity index (χ4v) is 3.33. The number of hydrogen-bond donors (Lipinski definition) is 1. The quantitative estimate of drug-likeness (QED) is 0.255. The standard InChI is InChI=1S/C11H27N2O8PSi/c1-13(2,3)7-8-20-22(15,16)21-9-11(14)12-10-23(17-4,18-5)19-6/h7-10H2,1-6H3,(H-,12,14,15,16). The van der Waals surface area contributed by atoms with Crippen LogP contribution in [-0.2, 0) is 31.7 Å². The number of nitrogens with zero attached hydrogens (tertiary/aromatic N) is 1. The lowest BCUT2D eigenvalue weighted by Crippen LogP contribution is -2.53. The molecule has 0 aromatic rings. The van der Waals surface area contributed by atoms with E-state index in [1.54, 1.807) is 0 Å². The molecule has 10 nitrogen and oxygen atoms in total. The zero-order chi connectivity index (χ0) is 18.1. The number of quaternary nitrogens is 1. The monoisotopic (exact) mass is 374 g/mol. The molecular weight excluding hydrogens is 347 g/mol. The molecule has 1 atom stereocenters. The van der Waals surface area contributed by atoms with Crippen LogP contribution < -0.4 is 10.2 Å². The summed E-state index contributed by atoms with van der Waals surface area (Å²) in [5, 5.41) is 2.43. The minimum Gasteiger partial charge on any atom is -0.756 e. The second kappa shape index (κ2) is 9.82. The minimum atomic E-state index is -4.52. The van der Waals surface area contributed by atoms with Gasteiger partial charge in [0.05, 0.1) is 27.3 Å². The molecular formula is C11H27N2O8PSi. The molecule has 0 bridgehead atoms. The number of nitrogens with one attached hydrogen (secondary N) is 1. The smallest absolute Gasteiger partial charge is 0.520 e. The van der Waals surface area contributed by atoms with E-state index in [1.807, 2.05) is 21.1 Å². The number of phosphoric acid groups is 1. The Morgan fingerprint density at radius 2 is 1.65 bits per heavy atom. The van der Waals surface area contributed by atoms with Crippen molar-refractivity contribution in [3.05, 3.63) is 0 Å². The van der Waals surface area contributed by atoms with Gasteiger partial charge in [-0.15, -0.1) is 0 Å². The van der Waals surface area contributed by atoms with Gasteiger partial charge in [-0.3, -0.25) is 9.36 Å². The van der Waals surface area contributed by atoms with Crippen LogP contribution in [0.5, 0.6) is 0 Å². The number of amides is 1. The summed E-state index contributed by atoms with van der Waals surface area (Å²) in [5.74, 6) is -0.653. The largest absolute Gasteiger partial charge is 0.756 e. The molecule has 0 radical (unpaired) electrons. The van der Waals surface area contributed by atoms with E-state index >= 15 is 0 Å². The molecule has 0 saturated carbocycles. The topological polar surface area (TPSA) is 115 Å². The molecule has 1 unspecified atom stereocenters. The number of carbonyl (C=O) groups is 1. The van der Waals surface area contributed by atoms with E-state index < -0.39 is 29.1 Å². The fraction of sp³-hybridized carbons (Fsp3) is 0.909. The average molecular weight is 374 g/mol. The Hall–Kier alpha value is -0.363. The third kappa shape index (κ3) is 10.2. The van der Waals surface area contributed by atoms with Gasteiger partial charge in [0.15, 0.2) is 0 Å². The number of hydrogen-bond acceptors (Lipinski definition) is 8. The lowest BCUT2D eigenvalue weighted by atomic mass is 10.5. The Labute approximate surface area is 138 Å². The number of carbonyl (C=O) groups excluding carboxylic acids is 1. The lowest BCUT2D eigenvalue weighted by molar-refractivity contribution is -0.870. The molecule has 23 heavy (non-hydrogen) atoms. The van der Waals surface area contributed by atoms with E-state index in [-0.39, 0.29) is 12.8 Å². The highest BCUT2D eigenvalue weighted by atomic mass is 31.2. The third-order valence-electron chi connectivity index (χ3n) is 2.80. The van der Waals surface area contributed by atoms with Crippen LogP contribution in [0.4, 0.5) is 0 Å². The van der Waals surface area contributed by atoms with Crippen LogP contribution in [0.1, 0.15) is 0 Å². The zero-order valence-electron chi connectivity index (χ0n) is 14.5. The molecule has 0 saturated heterocycles. The molecule has 12 heteroatoms. The summed E-state index contributed by atoms with van der Waals surface area (Å²) in [4.78, 5) is 23.1. The van der Waals surface area contributed by atoms with Crippen LogP contribution in [0.2, 0.25) is 0 Å². The summed E-state index contributed by atoms with van der Waals surface area (Å²) >= 11 is 0. The first-order chi connectivity index (χ1) is 10.5. The number of likely N-dealkylation sites (N-methyl/N-ethyl adjacent to an activating group) is 1. The maximum atomic E-state index is 11.6. The first kappa shape index (κ1) is 22.6. The van der Waals surface area contributed by atoms with Crippen LogP contribution in [0.15, 0.2) is 0 Å². The molecule has 0 rings (SSSR count). The van der Waals surface area contributed by atoms with Gasteiger partial charge in [0, 0.05) is 21.3 Å². The third-order valence-corrected chi connectivity index (χ3v) is 6.22. The molecule has 0 aliphatic carbocycles. The van der Waals surface area contributed by atoms with Gasteiger partial charge in [0.2, 0.25) is 5.91 Å². The maximum Gasteiger partial charge on any atom is 0.520 e. The first-order valence-corrected chi connectivity index (χ1v) is 10.2. The summed E-state index contributed by atoms with van der Waals surface area (Å²) in [6.45, 7) is -0.239. The molecule has 0 aromatic heterocycles. The van der Waals surface area contributed by atoms with Gasteiger partial charge in [-0.2, -0.15) is 0 Å². The Morgan fingerprint density at radius 1 is 1.13 bits per heavy atom. The van der Waals surface area contributed by atoms with E-state index in [0.717, 1.165) is 0 Å². The lowest BCUT2D eigenvalue weighted by Gasteiger charge is -2.27. The summed E-state index contributed by atoms with van der Waals surface area (Å²) in [5.41, 5.74) is 0. The molecule has 1 N–H and O–H groups in total. The molecule has 1 amide bonds. The minimum absolute atomic E-state index is 0.00971. The van der Waals surface area contributed by atoms with Gasteiger partial charge < -0.3 is 37.0 Å². The van der Waals surface area contributed by atoms with Crippen LogP contribution >= 0.6 is 7.82 Å². The van der Waals surface area contributed by atoms with Crippen LogP contribution in [0.25, 0.3) is 0 Å². The predicted molar refractivity (Wildman–Crippen MR) is 82.2 cm³/mol. The van der Waals surface area contributed by atoms with Crippen molar-refractivity contribution in [3.8, 4) is 0 Å². The van der Waals surface area contributed by atoms with Gasteiger partial charge in [-0.25, -0.2) is 0 Å². The van der Waals surface area contributed by atoms with Crippen LogP contribution in [0.3, 0.4) is 0 Å². The molecule has 0 fully saturated rings. The Kier molecular flexibility index (Phi) is 9.66. The van der Waals surface area contributed by atoms with Crippen molar-refractivity contribution in [2.24, 2.45) is 0 Å². The fourth-order valence-electron chi connectivity index (χ4n) is 1.33. The Bertz CT molecular complexity index is 405. The van der Waals surface area contributed by atoms with E-state index in [4.69, 9.17) is 13.3 Å². The van der Waals surface area contributed by atoms with Crippen molar-refractivity contribution < 1.29 is 41.1 Å². The van der Waals surface area contributed by atoms with Crippen LogP contribution in [0, 0.1) is 0 Å². The van der Waals surface area contributed by atoms with Crippen molar-refractivity contribution in [3.63, 3.8) is 0 Å². The molecule has 0 spiro atoms. The van der Waals surface area contributed by atoms with E-state index in [0.29, 0.717) is 11.0 Å². The highest BCUT2D eigenvalue weighted by molar-refractivity contribution is 7.45. The highest BCUT2D eigenvalue weighted by Crippen LogP contribution is 2.37. The van der Waals surface area contributed by atoms with E-state index in [9.17, 15) is 14.3 Å². The Balaban J connectivity index is 4.19. The summed E-state index contributed by atoms with van der Waals surface area (Å²) in [7, 11) is 2.39. The van der Waals surface area contributed by atoms with Crippen molar-refractivity contribution in [1.82, 2.24) is 5.32 Å². The SMILES string of the molecule is CO[Si](CNC(=O)COP(=O)([O-])OCC[N+](C)(C)C)(OC)OC. The molecule has 0 aliphatic rings. The maximum absolute atomic E-state index is 11.6. The zero-order valence-corrected chi connectivity index (χ0v) is 16.4. The first-order valence-electron chi connectivity index (χ1n) is 6.82. The van der Waals surface area contributed by atoms with Gasteiger partial charge in [0.1, 0.15) is 19.8 Å². The highest BCUT2D eigenvalue weighted by Gasteiger charge is 2.38. The molecule has 0 heterocycles. The van der Waals surface area contributed by atoms with Crippen LogP contribution in [-0.4, -0.2) is 87.6 Å². The summed E-state index contributed by atoms with van der Waals surface area (Å²) < 4.78 is 36.6. The second-order valence-corrected chi connectivity index (χ2v) is 10.00. The normalized spacial score (nSPS) is 15.3. The van der Waals surface area contributed by atoms with E-state index in [2.05, 4.69) is 14.4 Å². The molecule has 0 aromatic carbocycles. The summed E-state index contributed by atoms with van der Waals surface area (Å²) in [6, 6.07) is 0. The van der Waals surface area contributed by atoms with Crippen molar-refractivity contribution in [2.45, 2.75) is 0 Å². The van der Waals surface area contributed by atoms with Gasteiger partial charge in [-0.1, -0.05) is 0 Å². The average Bonchev–Trinajstić information content (AvgIpc) is 2.46. The summed E-state index contributed by atoms with van der Waals surface area (Å²) in [6.07, 6.45) is -0.00971.